The van der Waals surface area contributed by atoms with E-state index in [1.165, 1.54) is 6.92 Å². The van der Waals surface area contributed by atoms with Crippen molar-refractivity contribution in [3.63, 3.8) is 0 Å². The van der Waals surface area contributed by atoms with E-state index in [0.717, 1.165) is 12.3 Å². The summed E-state index contributed by atoms with van der Waals surface area (Å²) in [5.41, 5.74) is 1.29. The van der Waals surface area contributed by atoms with Crippen LogP contribution >= 0.6 is 0 Å². The van der Waals surface area contributed by atoms with Crippen molar-refractivity contribution in [2.75, 3.05) is 6.61 Å². The first kappa shape index (κ1) is 19.8. The number of hydrogen-bond donors (Lipinski definition) is 5. The summed E-state index contributed by atoms with van der Waals surface area (Å²) in [6, 6.07) is 1.19. The molecule has 0 radical (unpaired) electrons. The minimum absolute atomic E-state index is 0.598. The highest BCUT2D eigenvalue weighted by Crippen LogP contribution is 2.34. The molecule has 1 aliphatic heterocycles. The van der Waals surface area contributed by atoms with Gasteiger partial charge in [-0.25, -0.2) is 4.79 Å². The first-order chi connectivity index (χ1) is 12.1. The number of esters is 1. The molecule has 2 heterocycles. The standard InChI is InChI=1S/C14H18N4O8/c1-6(19)9(16)12(23)25-4-7-10(21)11(22)14(5-15,26-7)18-3-2-8(20)17-13(18)24/h2-3,6-7,9-11,19,21-22H,4,16H2,1H3,(H,17,20,24)/t6?,7-,9+,10?,11?,14-/m1/s1. The normalized spacial score (nSPS) is 30.4. The van der Waals surface area contributed by atoms with E-state index < -0.39 is 60.0 Å². The zero-order chi connectivity index (χ0) is 19.6. The summed E-state index contributed by atoms with van der Waals surface area (Å²) in [5.74, 6) is -0.985. The predicted molar refractivity (Wildman–Crippen MR) is 82.4 cm³/mol. The highest BCUT2D eigenvalue weighted by molar-refractivity contribution is 5.76. The molecule has 1 aromatic rings. The van der Waals surface area contributed by atoms with Crippen molar-refractivity contribution in [3.05, 3.63) is 33.1 Å². The van der Waals surface area contributed by atoms with E-state index in [1.807, 2.05) is 4.98 Å². The summed E-state index contributed by atoms with van der Waals surface area (Å²) < 4.78 is 10.8. The average molecular weight is 370 g/mol. The Morgan fingerprint density at radius 1 is 1.58 bits per heavy atom. The van der Waals surface area contributed by atoms with E-state index in [9.17, 15) is 35.0 Å². The lowest BCUT2D eigenvalue weighted by atomic mass is 10.0. The van der Waals surface area contributed by atoms with Crippen molar-refractivity contribution in [2.45, 2.75) is 43.1 Å². The van der Waals surface area contributed by atoms with Gasteiger partial charge in [0.2, 0.25) is 0 Å². The Balaban J connectivity index is 2.25. The average Bonchev–Trinajstić information content (AvgIpc) is 2.84. The Morgan fingerprint density at radius 3 is 2.77 bits per heavy atom. The zero-order valence-electron chi connectivity index (χ0n) is 13.6. The van der Waals surface area contributed by atoms with Gasteiger partial charge in [-0.2, -0.15) is 5.26 Å². The molecule has 0 saturated carbocycles. The van der Waals surface area contributed by atoms with Crippen molar-refractivity contribution in [2.24, 2.45) is 5.73 Å². The Kier molecular flexibility index (Phi) is 5.59. The number of rotatable bonds is 5. The van der Waals surface area contributed by atoms with Gasteiger partial charge in [-0.15, -0.1) is 0 Å². The first-order valence-corrected chi connectivity index (χ1v) is 7.52. The van der Waals surface area contributed by atoms with Crippen LogP contribution in [0.3, 0.4) is 0 Å². The zero-order valence-corrected chi connectivity index (χ0v) is 13.6. The van der Waals surface area contributed by atoms with Crippen LogP contribution in [-0.2, 0) is 20.0 Å². The van der Waals surface area contributed by atoms with Gasteiger partial charge < -0.3 is 30.5 Å². The van der Waals surface area contributed by atoms with Gasteiger partial charge in [-0.1, -0.05) is 0 Å². The molecule has 0 aliphatic carbocycles. The molecule has 0 bridgehead atoms. The third-order valence-electron chi connectivity index (χ3n) is 3.96. The molecule has 0 amide bonds. The lowest BCUT2D eigenvalue weighted by Crippen LogP contribution is -2.50. The van der Waals surface area contributed by atoms with Gasteiger partial charge in [0.25, 0.3) is 11.3 Å². The Hall–Kier alpha value is -2.56. The van der Waals surface area contributed by atoms with Crippen molar-refractivity contribution in [1.29, 1.82) is 5.26 Å². The molecule has 1 aromatic heterocycles. The van der Waals surface area contributed by atoms with Crippen LogP contribution in [0.25, 0.3) is 0 Å². The van der Waals surface area contributed by atoms with Gasteiger partial charge in [0.15, 0.2) is 0 Å². The molecule has 6 atom stereocenters. The lowest BCUT2D eigenvalue weighted by Gasteiger charge is -2.26. The van der Waals surface area contributed by atoms with Gasteiger partial charge >= 0.3 is 11.7 Å². The van der Waals surface area contributed by atoms with E-state index in [2.05, 4.69) is 0 Å². The smallest absolute Gasteiger partial charge is 0.331 e. The van der Waals surface area contributed by atoms with Gasteiger partial charge in [-0.05, 0) is 6.92 Å². The number of hydrogen-bond acceptors (Lipinski definition) is 10. The number of H-pyrrole nitrogens is 1. The van der Waals surface area contributed by atoms with Crippen LogP contribution in [0.1, 0.15) is 6.92 Å². The Labute approximate surface area is 146 Å². The first-order valence-electron chi connectivity index (χ1n) is 7.52. The molecular weight excluding hydrogens is 352 g/mol. The fourth-order valence-electron chi connectivity index (χ4n) is 2.42. The van der Waals surface area contributed by atoms with Crippen LogP contribution in [-0.4, -0.2) is 67.9 Å². The molecule has 1 saturated heterocycles. The molecule has 0 spiro atoms. The van der Waals surface area contributed by atoms with E-state index in [-0.39, 0.29) is 0 Å². The highest BCUT2D eigenvalue weighted by Gasteiger charge is 2.57. The number of nitrogens with two attached hydrogens (primary N) is 1. The van der Waals surface area contributed by atoms with E-state index in [4.69, 9.17) is 15.2 Å². The van der Waals surface area contributed by atoms with E-state index >= 15 is 0 Å². The Bertz CT molecular complexity index is 827. The number of aromatic nitrogens is 2. The Morgan fingerprint density at radius 2 is 2.23 bits per heavy atom. The molecular formula is C14H18N4O8. The van der Waals surface area contributed by atoms with E-state index in [1.54, 1.807) is 6.07 Å². The molecule has 26 heavy (non-hydrogen) atoms. The van der Waals surface area contributed by atoms with Crippen LogP contribution in [0.4, 0.5) is 0 Å². The summed E-state index contributed by atoms with van der Waals surface area (Å²) in [4.78, 5) is 36.7. The lowest BCUT2D eigenvalue weighted by molar-refractivity contribution is -0.157. The van der Waals surface area contributed by atoms with Gasteiger partial charge in [0, 0.05) is 12.3 Å². The number of aliphatic hydroxyl groups is 3. The molecule has 142 valence electrons. The van der Waals surface area contributed by atoms with E-state index in [0.29, 0.717) is 4.57 Å². The topological polar surface area (TPSA) is 201 Å². The molecule has 2 rings (SSSR count). The van der Waals surface area contributed by atoms with Gasteiger partial charge in [0.1, 0.15) is 37.0 Å². The minimum Gasteiger partial charge on any atom is -0.462 e. The van der Waals surface area contributed by atoms with Crippen LogP contribution in [0, 0.1) is 11.3 Å². The third-order valence-corrected chi connectivity index (χ3v) is 3.96. The summed E-state index contributed by atoms with van der Waals surface area (Å²) in [6.07, 6.45) is -5.19. The molecule has 3 unspecified atom stereocenters. The SMILES string of the molecule is CC(O)[C@H](N)C(=O)OC[C@H]1O[C@@](C#N)(n2ccc(=O)[nH]c2=O)C(O)C1O. The molecule has 1 aliphatic rings. The number of ether oxygens (including phenoxy) is 2. The third kappa shape index (κ3) is 3.39. The predicted octanol–water partition coefficient (Wildman–Crippen LogP) is -3.92. The summed E-state index contributed by atoms with van der Waals surface area (Å²) in [5, 5.41) is 39.0. The number of carbonyl (C=O) groups is 1. The summed E-state index contributed by atoms with van der Waals surface area (Å²) >= 11 is 0. The number of aromatic amines is 1. The number of nitrogens with one attached hydrogen (secondary N) is 1. The maximum Gasteiger partial charge on any atom is 0.331 e. The summed E-state index contributed by atoms with van der Waals surface area (Å²) in [6.45, 7) is 0.679. The maximum atomic E-state index is 11.9. The fraction of sp³-hybridized carbons (Fsp3) is 0.571. The molecule has 12 nitrogen and oxygen atoms in total. The van der Waals surface area contributed by atoms with Gasteiger partial charge in [0.05, 0.1) is 6.10 Å². The van der Waals surface area contributed by atoms with Crippen LogP contribution in [0.15, 0.2) is 21.9 Å². The van der Waals surface area contributed by atoms with Crippen LogP contribution < -0.4 is 17.0 Å². The molecule has 12 heteroatoms. The van der Waals surface area contributed by atoms with Crippen molar-refractivity contribution in [1.82, 2.24) is 9.55 Å². The van der Waals surface area contributed by atoms with Gasteiger partial charge in [-0.3, -0.25) is 19.1 Å². The minimum atomic E-state index is -2.34. The molecule has 1 fully saturated rings. The monoisotopic (exact) mass is 370 g/mol. The van der Waals surface area contributed by atoms with Crippen LogP contribution in [0.2, 0.25) is 0 Å². The fourth-order valence-corrected chi connectivity index (χ4v) is 2.42. The van der Waals surface area contributed by atoms with Crippen molar-refractivity contribution >= 4 is 5.97 Å². The number of carbonyl (C=O) groups excluding carboxylic acids is 1. The highest BCUT2D eigenvalue weighted by atomic mass is 16.6. The largest absolute Gasteiger partial charge is 0.462 e. The number of aliphatic hydroxyl groups excluding tert-OH is 3. The van der Waals surface area contributed by atoms with Crippen LogP contribution in [0.5, 0.6) is 0 Å². The maximum absolute atomic E-state index is 11.9. The van der Waals surface area contributed by atoms with Crippen molar-refractivity contribution < 1.29 is 29.6 Å². The molecule has 6 N–H and O–H groups in total. The summed E-state index contributed by atoms with van der Waals surface area (Å²) in [7, 11) is 0. The number of nitrogens with zero attached hydrogens (tertiary/aromatic N) is 2. The second-order valence-electron chi connectivity index (χ2n) is 5.78. The second-order valence-corrected chi connectivity index (χ2v) is 5.78. The second kappa shape index (κ2) is 7.36. The van der Waals surface area contributed by atoms with Crippen molar-refractivity contribution in [3.8, 4) is 6.07 Å². The number of nitriles is 1. The molecule has 0 aromatic carbocycles. The quantitative estimate of drug-likeness (QED) is 0.319.